The van der Waals surface area contributed by atoms with Crippen molar-refractivity contribution < 1.29 is 19.1 Å². The summed E-state index contributed by atoms with van der Waals surface area (Å²) in [4.78, 5) is 26.3. The summed E-state index contributed by atoms with van der Waals surface area (Å²) in [6, 6.07) is -0.904. The van der Waals surface area contributed by atoms with E-state index in [1.54, 1.807) is 6.92 Å². The number of morpholine rings is 1. The molecule has 0 bridgehead atoms. The normalized spacial score (nSPS) is 21.7. The van der Waals surface area contributed by atoms with Crippen LogP contribution in [0.3, 0.4) is 0 Å². The minimum Gasteiger partial charge on any atom is -0.459 e. The molecule has 6 heteroatoms. The van der Waals surface area contributed by atoms with Gasteiger partial charge >= 0.3 is 5.97 Å². The third-order valence-electron chi connectivity index (χ3n) is 3.27. The fourth-order valence-corrected chi connectivity index (χ4v) is 2.19. The molecule has 2 atom stereocenters. The van der Waals surface area contributed by atoms with Gasteiger partial charge in [-0.15, -0.1) is 0 Å². The molecular formula is C15H28N2O4. The average molecular weight is 300 g/mol. The van der Waals surface area contributed by atoms with Crippen molar-refractivity contribution in [3.63, 3.8) is 0 Å². The lowest BCUT2D eigenvalue weighted by Crippen LogP contribution is -2.59. The van der Waals surface area contributed by atoms with Crippen molar-refractivity contribution in [2.24, 2.45) is 0 Å². The van der Waals surface area contributed by atoms with E-state index in [-0.39, 0.29) is 11.9 Å². The lowest BCUT2D eigenvalue weighted by molar-refractivity contribution is -0.165. The highest BCUT2D eigenvalue weighted by Gasteiger charge is 2.36. The second-order valence-corrected chi connectivity index (χ2v) is 6.33. The Labute approximate surface area is 127 Å². The molecule has 1 amide bonds. The van der Waals surface area contributed by atoms with Gasteiger partial charge in [-0.2, -0.15) is 0 Å². The zero-order valence-electron chi connectivity index (χ0n) is 13.8. The Kier molecular flexibility index (Phi) is 6.61. The van der Waals surface area contributed by atoms with Gasteiger partial charge in [-0.1, -0.05) is 6.92 Å². The summed E-state index contributed by atoms with van der Waals surface area (Å²) in [6.07, 6.45) is 0.876. The standard InChI is InChI=1S/C15H28N2O4/c1-6-7-16-13(18)12-10-20-9-8-17(12)11(2)14(19)21-15(3,4)5/h11-12H,6-10H2,1-5H3,(H,16,18). The Morgan fingerprint density at radius 3 is 2.67 bits per heavy atom. The smallest absolute Gasteiger partial charge is 0.323 e. The molecule has 2 unspecified atom stereocenters. The molecule has 0 saturated carbocycles. The monoisotopic (exact) mass is 300 g/mol. The van der Waals surface area contributed by atoms with E-state index in [4.69, 9.17) is 9.47 Å². The molecule has 21 heavy (non-hydrogen) atoms. The SMILES string of the molecule is CCCNC(=O)C1COCCN1C(C)C(=O)OC(C)(C)C. The van der Waals surface area contributed by atoms with Crippen molar-refractivity contribution in [2.75, 3.05) is 26.3 Å². The van der Waals surface area contributed by atoms with E-state index >= 15 is 0 Å². The zero-order valence-corrected chi connectivity index (χ0v) is 13.8. The first-order valence-electron chi connectivity index (χ1n) is 7.60. The van der Waals surface area contributed by atoms with Crippen molar-refractivity contribution >= 4 is 11.9 Å². The number of esters is 1. The van der Waals surface area contributed by atoms with Gasteiger partial charge in [0, 0.05) is 13.1 Å². The molecule has 122 valence electrons. The fourth-order valence-electron chi connectivity index (χ4n) is 2.19. The number of hydrogen-bond donors (Lipinski definition) is 1. The number of nitrogens with zero attached hydrogens (tertiary/aromatic N) is 1. The number of amides is 1. The molecule has 0 spiro atoms. The number of ether oxygens (including phenoxy) is 2. The Morgan fingerprint density at radius 2 is 2.10 bits per heavy atom. The van der Waals surface area contributed by atoms with Crippen LogP contribution >= 0.6 is 0 Å². The first-order chi connectivity index (χ1) is 9.76. The second kappa shape index (κ2) is 7.75. The minimum atomic E-state index is -0.530. The van der Waals surface area contributed by atoms with Crippen LogP contribution in [0.1, 0.15) is 41.0 Å². The van der Waals surface area contributed by atoms with Crippen molar-refractivity contribution in [2.45, 2.75) is 58.7 Å². The Hall–Kier alpha value is -1.14. The molecule has 0 aromatic heterocycles. The van der Waals surface area contributed by atoms with E-state index < -0.39 is 17.7 Å². The van der Waals surface area contributed by atoms with Gasteiger partial charge < -0.3 is 14.8 Å². The molecule has 1 heterocycles. The maximum absolute atomic E-state index is 12.2. The molecular weight excluding hydrogens is 272 g/mol. The summed E-state index contributed by atoms with van der Waals surface area (Å²) >= 11 is 0. The number of rotatable bonds is 5. The highest BCUT2D eigenvalue weighted by atomic mass is 16.6. The Bertz CT molecular complexity index is 365. The topological polar surface area (TPSA) is 67.9 Å². The summed E-state index contributed by atoms with van der Waals surface area (Å²) in [5, 5.41) is 2.86. The lowest BCUT2D eigenvalue weighted by atomic mass is 10.1. The molecule has 1 N–H and O–H groups in total. The van der Waals surface area contributed by atoms with Crippen LogP contribution < -0.4 is 5.32 Å². The van der Waals surface area contributed by atoms with Crippen LogP contribution in [0.4, 0.5) is 0 Å². The van der Waals surface area contributed by atoms with Crippen LogP contribution in [0, 0.1) is 0 Å². The fraction of sp³-hybridized carbons (Fsp3) is 0.867. The summed E-state index contributed by atoms with van der Waals surface area (Å²) in [7, 11) is 0. The quantitative estimate of drug-likeness (QED) is 0.766. The predicted molar refractivity (Wildman–Crippen MR) is 79.9 cm³/mol. The van der Waals surface area contributed by atoms with Gasteiger partial charge in [-0.05, 0) is 34.1 Å². The zero-order chi connectivity index (χ0) is 16.0. The van der Waals surface area contributed by atoms with Crippen LogP contribution in [0.5, 0.6) is 0 Å². The second-order valence-electron chi connectivity index (χ2n) is 6.33. The summed E-state index contributed by atoms with van der Waals surface area (Å²) in [5.74, 6) is -0.398. The predicted octanol–water partition coefficient (Wildman–Crippen LogP) is 0.944. The molecule has 0 aromatic carbocycles. The van der Waals surface area contributed by atoms with E-state index in [9.17, 15) is 9.59 Å². The van der Waals surface area contributed by atoms with E-state index in [1.165, 1.54) is 0 Å². The van der Waals surface area contributed by atoms with Crippen molar-refractivity contribution in [3.05, 3.63) is 0 Å². The van der Waals surface area contributed by atoms with Gasteiger partial charge in [-0.25, -0.2) is 0 Å². The highest BCUT2D eigenvalue weighted by molar-refractivity contribution is 5.83. The van der Waals surface area contributed by atoms with E-state index in [2.05, 4.69) is 5.32 Å². The minimum absolute atomic E-state index is 0.0908. The van der Waals surface area contributed by atoms with E-state index in [1.807, 2.05) is 32.6 Å². The van der Waals surface area contributed by atoms with Crippen LogP contribution in [0.25, 0.3) is 0 Å². The van der Waals surface area contributed by atoms with E-state index in [0.29, 0.717) is 26.3 Å². The molecule has 1 rings (SSSR count). The third-order valence-corrected chi connectivity index (χ3v) is 3.27. The number of hydrogen-bond acceptors (Lipinski definition) is 5. The van der Waals surface area contributed by atoms with Gasteiger partial charge in [0.1, 0.15) is 17.7 Å². The van der Waals surface area contributed by atoms with Gasteiger partial charge in [0.2, 0.25) is 5.91 Å². The molecule has 6 nitrogen and oxygen atoms in total. The van der Waals surface area contributed by atoms with Crippen LogP contribution in [-0.4, -0.2) is 60.8 Å². The van der Waals surface area contributed by atoms with Crippen LogP contribution in [-0.2, 0) is 19.1 Å². The van der Waals surface area contributed by atoms with E-state index in [0.717, 1.165) is 6.42 Å². The Balaban J connectivity index is 2.71. The summed E-state index contributed by atoms with van der Waals surface area (Å²) in [6.45, 7) is 11.3. The van der Waals surface area contributed by atoms with Crippen molar-refractivity contribution in [1.29, 1.82) is 0 Å². The largest absolute Gasteiger partial charge is 0.459 e. The molecule has 1 saturated heterocycles. The van der Waals surface area contributed by atoms with Gasteiger partial charge in [0.05, 0.1) is 13.2 Å². The molecule has 1 fully saturated rings. The van der Waals surface area contributed by atoms with Crippen LogP contribution in [0.2, 0.25) is 0 Å². The lowest BCUT2D eigenvalue weighted by Gasteiger charge is -2.38. The highest BCUT2D eigenvalue weighted by Crippen LogP contribution is 2.16. The van der Waals surface area contributed by atoms with Crippen molar-refractivity contribution in [3.8, 4) is 0 Å². The van der Waals surface area contributed by atoms with Gasteiger partial charge in [0.25, 0.3) is 0 Å². The van der Waals surface area contributed by atoms with Crippen molar-refractivity contribution in [1.82, 2.24) is 10.2 Å². The Morgan fingerprint density at radius 1 is 1.43 bits per heavy atom. The molecule has 0 radical (unpaired) electrons. The molecule has 0 aromatic rings. The first kappa shape index (κ1) is 17.9. The summed E-state index contributed by atoms with van der Waals surface area (Å²) < 4.78 is 10.8. The van der Waals surface area contributed by atoms with Gasteiger partial charge in [0.15, 0.2) is 0 Å². The van der Waals surface area contributed by atoms with Gasteiger partial charge in [-0.3, -0.25) is 14.5 Å². The number of carbonyl (C=O) groups excluding carboxylic acids is 2. The molecule has 1 aliphatic heterocycles. The molecule has 0 aliphatic carbocycles. The third kappa shape index (κ3) is 5.63. The summed E-state index contributed by atoms with van der Waals surface area (Å²) in [5.41, 5.74) is -0.530. The maximum Gasteiger partial charge on any atom is 0.323 e. The average Bonchev–Trinajstić information content (AvgIpc) is 2.42. The first-order valence-corrected chi connectivity index (χ1v) is 7.60. The maximum atomic E-state index is 12.2. The number of carbonyl (C=O) groups is 2. The van der Waals surface area contributed by atoms with Crippen LogP contribution in [0.15, 0.2) is 0 Å². The molecule has 1 aliphatic rings. The number of nitrogens with one attached hydrogen (secondary N) is 1.